The molecular weight excluding hydrogens is 426 g/mol. The summed E-state index contributed by atoms with van der Waals surface area (Å²) in [5, 5.41) is 7.56. The van der Waals surface area contributed by atoms with Crippen molar-refractivity contribution in [2.24, 2.45) is 16.1 Å². The summed E-state index contributed by atoms with van der Waals surface area (Å²) in [5.41, 5.74) is 3.66. The van der Waals surface area contributed by atoms with Crippen molar-refractivity contribution in [3.63, 3.8) is 0 Å². The summed E-state index contributed by atoms with van der Waals surface area (Å²) in [7, 11) is 0. The molecule has 1 saturated heterocycles. The molecule has 2 heterocycles. The molecule has 2 aromatic rings. The molecule has 0 spiro atoms. The van der Waals surface area contributed by atoms with Gasteiger partial charge >= 0.3 is 0 Å². The van der Waals surface area contributed by atoms with E-state index in [0.717, 1.165) is 30.3 Å². The fourth-order valence-electron chi connectivity index (χ4n) is 3.99. The summed E-state index contributed by atoms with van der Waals surface area (Å²) < 4.78 is 28.0. The van der Waals surface area contributed by atoms with Crippen LogP contribution in [0.4, 0.5) is 14.5 Å². The molecule has 4 rings (SSSR count). The molecule has 7 heteroatoms. The first-order valence-electron chi connectivity index (χ1n) is 11.3. The van der Waals surface area contributed by atoms with E-state index in [1.165, 1.54) is 37.2 Å². The van der Waals surface area contributed by atoms with Crippen molar-refractivity contribution < 1.29 is 8.78 Å². The Hall–Kier alpha value is -2.25. The van der Waals surface area contributed by atoms with Gasteiger partial charge in [-0.1, -0.05) is 49.4 Å². The van der Waals surface area contributed by atoms with Crippen molar-refractivity contribution in [1.82, 2.24) is 4.90 Å². The molecule has 170 valence electrons. The maximum absolute atomic E-state index is 12.8. The van der Waals surface area contributed by atoms with Gasteiger partial charge in [-0.15, -0.1) is 0 Å². The number of likely N-dealkylation sites (tertiary alicyclic amines) is 1. The van der Waals surface area contributed by atoms with Crippen LogP contribution >= 0.6 is 11.9 Å². The molecule has 0 atom stereocenters. The van der Waals surface area contributed by atoms with Gasteiger partial charge < -0.3 is 9.21 Å². The summed E-state index contributed by atoms with van der Waals surface area (Å²) >= 11 is 1.86. The Morgan fingerprint density at radius 2 is 1.75 bits per heavy atom. The summed E-state index contributed by atoms with van der Waals surface area (Å²) in [6.45, 7) is 6.63. The average Bonchev–Trinajstić information content (AvgIpc) is 3.32. The van der Waals surface area contributed by atoms with E-state index >= 15 is 0 Å². The van der Waals surface area contributed by atoms with Crippen LogP contribution in [0.25, 0.3) is 0 Å². The smallest absolute Gasteiger partial charge is 0.278 e. The van der Waals surface area contributed by atoms with E-state index in [4.69, 9.17) is 0 Å². The molecule has 0 saturated carbocycles. The number of nitrogens with zero attached hydrogens (tertiary/aromatic N) is 4. The highest BCUT2D eigenvalue weighted by Crippen LogP contribution is 2.26. The van der Waals surface area contributed by atoms with Gasteiger partial charge in [0.25, 0.3) is 6.43 Å². The average molecular weight is 457 g/mol. The van der Waals surface area contributed by atoms with Crippen molar-refractivity contribution in [2.45, 2.75) is 39.2 Å². The van der Waals surface area contributed by atoms with Gasteiger partial charge in [0.1, 0.15) is 5.71 Å². The number of anilines is 1. The van der Waals surface area contributed by atoms with Crippen molar-refractivity contribution >= 4 is 29.1 Å². The zero-order valence-electron chi connectivity index (χ0n) is 18.5. The molecule has 1 fully saturated rings. The van der Waals surface area contributed by atoms with Gasteiger partial charge in [0.05, 0.1) is 12.3 Å². The molecule has 0 amide bonds. The Morgan fingerprint density at radius 3 is 2.41 bits per heavy atom. The van der Waals surface area contributed by atoms with Crippen molar-refractivity contribution in [3.05, 3.63) is 65.7 Å². The zero-order valence-corrected chi connectivity index (χ0v) is 19.3. The van der Waals surface area contributed by atoms with E-state index in [2.05, 4.69) is 62.7 Å². The Labute approximate surface area is 193 Å². The Kier molecular flexibility index (Phi) is 7.92. The number of halogens is 2. The lowest BCUT2D eigenvalue weighted by molar-refractivity contribution is 0.203. The van der Waals surface area contributed by atoms with Crippen LogP contribution in [0.15, 0.2) is 64.8 Å². The minimum Gasteiger partial charge on any atom is -0.312 e. The molecule has 0 aliphatic carbocycles. The predicted molar refractivity (Wildman–Crippen MR) is 131 cm³/mol. The second-order valence-electron chi connectivity index (χ2n) is 8.54. The third-order valence-electron chi connectivity index (χ3n) is 6.09. The topological polar surface area (TPSA) is 31.2 Å². The first kappa shape index (κ1) is 22.9. The minimum atomic E-state index is -2.54. The van der Waals surface area contributed by atoms with E-state index in [1.54, 1.807) is 0 Å². The molecule has 0 radical (unpaired) electrons. The quantitative estimate of drug-likeness (QED) is 0.441. The number of para-hydroxylation sites is 1. The summed E-state index contributed by atoms with van der Waals surface area (Å²) in [5.74, 6) is 1.90. The maximum Gasteiger partial charge on any atom is 0.278 e. The Morgan fingerprint density at radius 1 is 1.03 bits per heavy atom. The molecule has 2 aliphatic heterocycles. The molecule has 0 unspecified atom stereocenters. The number of rotatable bonds is 9. The molecule has 2 aliphatic rings. The number of benzene rings is 2. The summed E-state index contributed by atoms with van der Waals surface area (Å²) in [6, 6.07) is 18.5. The van der Waals surface area contributed by atoms with Gasteiger partial charge in [0, 0.05) is 24.4 Å². The highest BCUT2D eigenvalue weighted by atomic mass is 32.2. The second kappa shape index (κ2) is 11.1. The van der Waals surface area contributed by atoms with Crippen LogP contribution in [0.3, 0.4) is 0 Å². The van der Waals surface area contributed by atoms with E-state index in [-0.39, 0.29) is 12.1 Å². The van der Waals surface area contributed by atoms with Gasteiger partial charge in [0.2, 0.25) is 0 Å². The molecule has 0 aromatic heterocycles. The van der Waals surface area contributed by atoms with Crippen LogP contribution in [0.2, 0.25) is 0 Å². The first-order chi connectivity index (χ1) is 15.6. The van der Waals surface area contributed by atoms with Gasteiger partial charge in [0.15, 0.2) is 0 Å². The predicted octanol–water partition coefficient (Wildman–Crippen LogP) is 5.89. The van der Waals surface area contributed by atoms with E-state index in [0.29, 0.717) is 5.71 Å². The Balaban J connectivity index is 1.36. The first-order valence-corrected chi connectivity index (χ1v) is 12.2. The molecule has 4 nitrogen and oxygen atoms in total. The van der Waals surface area contributed by atoms with Crippen LogP contribution in [-0.4, -0.2) is 48.1 Å². The monoisotopic (exact) mass is 456 g/mol. The molecule has 0 N–H and O–H groups in total. The molecular formula is C25H30F2N4S. The van der Waals surface area contributed by atoms with Crippen LogP contribution in [0.1, 0.15) is 37.3 Å². The normalized spacial score (nSPS) is 17.5. The van der Waals surface area contributed by atoms with Crippen molar-refractivity contribution in [1.29, 1.82) is 0 Å². The fraction of sp³-hybridized carbons (Fsp3) is 0.440. The third-order valence-corrected chi connectivity index (χ3v) is 7.10. The van der Waals surface area contributed by atoms with E-state index in [9.17, 15) is 8.78 Å². The van der Waals surface area contributed by atoms with Crippen molar-refractivity contribution in [3.8, 4) is 0 Å². The highest BCUT2D eigenvalue weighted by Gasteiger charge is 2.22. The lowest BCUT2D eigenvalue weighted by Gasteiger charge is -2.31. The summed E-state index contributed by atoms with van der Waals surface area (Å²) in [4.78, 5) is 2.57. The zero-order chi connectivity index (χ0) is 22.3. The molecule has 2 aromatic carbocycles. The number of piperidine rings is 1. The molecule has 32 heavy (non-hydrogen) atoms. The maximum atomic E-state index is 12.8. The van der Waals surface area contributed by atoms with Crippen LogP contribution < -0.4 is 4.31 Å². The van der Waals surface area contributed by atoms with E-state index < -0.39 is 6.43 Å². The number of alkyl halides is 2. The van der Waals surface area contributed by atoms with Gasteiger partial charge in [-0.25, -0.2) is 8.78 Å². The third kappa shape index (κ3) is 6.17. The lowest BCUT2D eigenvalue weighted by Crippen LogP contribution is -2.35. The lowest BCUT2D eigenvalue weighted by atomic mass is 9.99. The van der Waals surface area contributed by atoms with Crippen LogP contribution in [0.5, 0.6) is 0 Å². The van der Waals surface area contributed by atoms with Crippen LogP contribution in [0, 0.1) is 5.92 Å². The summed E-state index contributed by atoms with van der Waals surface area (Å²) in [6.07, 6.45) is 0.182. The van der Waals surface area contributed by atoms with Gasteiger partial charge in [-0.2, -0.15) is 10.2 Å². The fourth-order valence-corrected chi connectivity index (χ4v) is 5.06. The second-order valence-corrected chi connectivity index (χ2v) is 9.65. The SMILES string of the molecule is CC1CCN(CCSN(Cc2ccc(C3=NN=C(C(F)F)C3)cc2)c2ccccc2)CC1. The van der Waals surface area contributed by atoms with Crippen molar-refractivity contribution in [2.75, 3.05) is 29.7 Å². The highest BCUT2D eigenvalue weighted by molar-refractivity contribution is 8.00. The largest absolute Gasteiger partial charge is 0.312 e. The molecule has 0 bridgehead atoms. The minimum absolute atomic E-state index is 0.123. The Bertz CT molecular complexity index is 923. The van der Waals surface area contributed by atoms with Gasteiger partial charge in [-0.05, 0) is 67.1 Å². The standard InChI is InChI=1S/C25H30F2N4S/c1-19-11-13-30(14-12-19)15-16-32-31(22-5-3-2-4-6-22)18-20-7-9-21(10-8-20)23-17-24(25(26)27)29-28-23/h2-10,19,25H,11-18H2,1H3. The number of hydrogen-bond acceptors (Lipinski definition) is 5. The van der Waals surface area contributed by atoms with Gasteiger partial charge in [-0.3, -0.25) is 0 Å². The van der Waals surface area contributed by atoms with E-state index in [1.807, 2.05) is 30.1 Å². The number of hydrogen-bond donors (Lipinski definition) is 0. The van der Waals surface area contributed by atoms with Crippen LogP contribution in [-0.2, 0) is 6.54 Å².